The standard InChI is InChI=1S/C18H15Cl2O3P/c19-15-8-11(9-16(20)17(15)18(22)23)6-7-24(13-4-5-13)14-3-1-2-12(21)10-14/h1-3,6-10,13,21H,4-5H2,(H,22,23)/b7-6+. The van der Waals surface area contributed by atoms with E-state index in [4.69, 9.17) is 28.3 Å². The summed E-state index contributed by atoms with van der Waals surface area (Å²) >= 11 is 12.1. The Morgan fingerprint density at radius 3 is 2.38 bits per heavy atom. The molecule has 2 N–H and O–H groups in total. The molecule has 0 aromatic heterocycles. The molecule has 1 fully saturated rings. The maximum absolute atomic E-state index is 11.1. The molecular weight excluding hydrogens is 366 g/mol. The summed E-state index contributed by atoms with van der Waals surface area (Å²) < 4.78 is 0. The maximum Gasteiger partial charge on any atom is 0.338 e. The second kappa shape index (κ2) is 7.14. The molecule has 0 aliphatic heterocycles. The van der Waals surface area contributed by atoms with Gasteiger partial charge in [0.05, 0.1) is 15.6 Å². The highest BCUT2D eigenvalue weighted by Crippen LogP contribution is 2.54. The van der Waals surface area contributed by atoms with E-state index in [1.807, 2.05) is 24.3 Å². The molecule has 1 atom stereocenters. The van der Waals surface area contributed by atoms with Gasteiger partial charge >= 0.3 is 5.97 Å². The van der Waals surface area contributed by atoms with Crippen LogP contribution in [0.2, 0.25) is 10.0 Å². The molecule has 1 aliphatic rings. The first kappa shape index (κ1) is 17.3. The number of aromatic carboxylic acids is 1. The van der Waals surface area contributed by atoms with Crippen molar-refractivity contribution in [1.82, 2.24) is 0 Å². The molecule has 3 rings (SSSR count). The number of hydrogen-bond acceptors (Lipinski definition) is 2. The highest BCUT2D eigenvalue weighted by Gasteiger charge is 2.30. The summed E-state index contributed by atoms with van der Waals surface area (Å²) in [6.45, 7) is 0. The van der Waals surface area contributed by atoms with Crippen molar-refractivity contribution in [3.8, 4) is 5.75 Å². The van der Waals surface area contributed by atoms with Crippen LogP contribution >= 0.6 is 31.1 Å². The Bertz CT molecular complexity index is 793. The van der Waals surface area contributed by atoms with Gasteiger partial charge in [-0.3, -0.25) is 0 Å². The third-order valence-electron chi connectivity index (χ3n) is 3.77. The van der Waals surface area contributed by atoms with Crippen molar-refractivity contribution in [2.75, 3.05) is 0 Å². The van der Waals surface area contributed by atoms with Crippen molar-refractivity contribution in [3.05, 3.63) is 63.4 Å². The van der Waals surface area contributed by atoms with Gasteiger partial charge in [0, 0.05) is 0 Å². The Kier molecular flexibility index (Phi) is 5.15. The van der Waals surface area contributed by atoms with Crippen molar-refractivity contribution in [2.24, 2.45) is 0 Å². The molecule has 0 heterocycles. The van der Waals surface area contributed by atoms with E-state index in [9.17, 15) is 9.90 Å². The third-order valence-corrected chi connectivity index (χ3v) is 7.02. The first-order chi connectivity index (χ1) is 11.5. The average molecular weight is 381 g/mol. The number of aromatic hydroxyl groups is 1. The van der Waals surface area contributed by atoms with Gasteiger partial charge in [-0.15, -0.1) is 0 Å². The molecule has 1 saturated carbocycles. The Labute approximate surface area is 151 Å². The van der Waals surface area contributed by atoms with E-state index in [0.29, 0.717) is 5.66 Å². The van der Waals surface area contributed by atoms with Crippen LogP contribution in [0.15, 0.2) is 42.2 Å². The zero-order valence-electron chi connectivity index (χ0n) is 12.6. The van der Waals surface area contributed by atoms with Crippen molar-refractivity contribution in [2.45, 2.75) is 18.5 Å². The van der Waals surface area contributed by atoms with Gasteiger partial charge in [-0.25, -0.2) is 4.79 Å². The maximum atomic E-state index is 11.1. The summed E-state index contributed by atoms with van der Waals surface area (Å²) in [4.78, 5) is 11.1. The molecular formula is C18H15Cl2O3P. The smallest absolute Gasteiger partial charge is 0.338 e. The fourth-order valence-corrected chi connectivity index (χ4v) is 5.57. The second-order valence-corrected chi connectivity index (χ2v) is 8.81. The number of rotatable bonds is 5. The van der Waals surface area contributed by atoms with Gasteiger partial charge in [-0.2, -0.15) is 0 Å². The number of hydrogen-bond donors (Lipinski definition) is 2. The SMILES string of the molecule is O=C(O)c1c(Cl)cc(/C=C/P(c2cccc(O)c2)C2CC2)cc1Cl. The topological polar surface area (TPSA) is 57.5 Å². The molecule has 0 saturated heterocycles. The van der Waals surface area contributed by atoms with E-state index in [-0.39, 0.29) is 21.4 Å². The van der Waals surface area contributed by atoms with Gasteiger partial charge < -0.3 is 10.2 Å². The van der Waals surface area contributed by atoms with Gasteiger partial charge in [0.25, 0.3) is 0 Å². The van der Waals surface area contributed by atoms with Gasteiger partial charge in [-0.1, -0.05) is 47.2 Å². The molecule has 6 heteroatoms. The van der Waals surface area contributed by atoms with E-state index >= 15 is 0 Å². The molecule has 124 valence electrons. The lowest BCUT2D eigenvalue weighted by Gasteiger charge is -2.13. The lowest BCUT2D eigenvalue weighted by molar-refractivity contribution is 0.0697. The van der Waals surface area contributed by atoms with Crippen LogP contribution in [0.4, 0.5) is 0 Å². The fourth-order valence-electron chi connectivity index (χ4n) is 2.48. The number of carbonyl (C=O) groups is 1. The van der Waals surface area contributed by atoms with Crippen LogP contribution in [0.1, 0.15) is 28.8 Å². The minimum Gasteiger partial charge on any atom is -0.508 e. The number of benzene rings is 2. The molecule has 0 bridgehead atoms. The van der Waals surface area contributed by atoms with E-state index in [0.717, 1.165) is 10.9 Å². The summed E-state index contributed by atoms with van der Waals surface area (Å²) in [5, 5.41) is 20.2. The Hall–Kier alpha value is -1.54. The van der Waals surface area contributed by atoms with Crippen LogP contribution in [0, 0.1) is 0 Å². The third kappa shape index (κ3) is 3.92. The second-order valence-electron chi connectivity index (χ2n) is 5.64. The van der Waals surface area contributed by atoms with E-state index < -0.39 is 13.9 Å². The normalized spacial score (nSPS) is 15.6. The van der Waals surface area contributed by atoms with Crippen LogP contribution in [0.3, 0.4) is 0 Å². The number of phenols is 1. The highest BCUT2D eigenvalue weighted by atomic mass is 35.5. The Balaban J connectivity index is 1.89. The number of halogens is 2. The van der Waals surface area contributed by atoms with E-state index in [1.165, 1.54) is 12.8 Å². The zero-order valence-corrected chi connectivity index (χ0v) is 15.0. The van der Waals surface area contributed by atoms with Crippen LogP contribution < -0.4 is 5.30 Å². The summed E-state index contributed by atoms with van der Waals surface area (Å²) in [5.74, 6) is 1.26. The monoisotopic (exact) mass is 380 g/mol. The highest BCUT2D eigenvalue weighted by molar-refractivity contribution is 7.69. The van der Waals surface area contributed by atoms with Crippen molar-refractivity contribution < 1.29 is 15.0 Å². The van der Waals surface area contributed by atoms with Gasteiger partial charge in [0.15, 0.2) is 0 Å². The van der Waals surface area contributed by atoms with Crippen LogP contribution in [-0.4, -0.2) is 21.8 Å². The van der Waals surface area contributed by atoms with E-state index in [2.05, 4.69) is 5.82 Å². The summed E-state index contributed by atoms with van der Waals surface area (Å²) in [6, 6.07) is 10.6. The number of phenolic OH excluding ortho intramolecular Hbond substituents is 1. The molecule has 1 aliphatic carbocycles. The van der Waals surface area contributed by atoms with Crippen LogP contribution in [0.5, 0.6) is 5.75 Å². The Morgan fingerprint density at radius 1 is 1.17 bits per heavy atom. The zero-order chi connectivity index (χ0) is 17.3. The first-order valence-electron chi connectivity index (χ1n) is 7.43. The minimum atomic E-state index is -1.14. The first-order valence-corrected chi connectivity index (χ1v) is 9.67. The molecule has 3 nitrogen and oxygen atoms in total. The largest absolute Gasteiger partial charge is 0.508 e. The van der Waals surface area contributed by atoms with Gasteiger partial charge in [-0.05, 0) is 61.6 Å². The van der Waals surface area contributed by atoms with E-state index in [1.54, 1.807) is 18.2 Å². The fraction of sp³-hybridized carbons (Fsp3) is 0.167. The lowest BCUT2D eigenvalue weighted by Crippen LogP contribution is -2.01. The molecule has 0 radical (unpaired) electrons. The lowest BCUT2D eigenvalue weighted by atomic mass is 10.1. The predicted octanol–water partition coefficient (Wildman–Crippen LogP) is 5.34. The quantitative estimate of drug-likeness (QED) is 0.688. The summed E-state index contributed by atoms with van der Waals surface area (Å²) in [7, 11) is -0.526. The van der Waals surface area contributed by atoms with Gasteiger partial charge in [0.2, 0.25) is 0 Å². The minimum absolute atomic E-state index is 0.0760. The van der Waals surface area contributed by atoms with Crippen LogP contribution in [-0.2, 0) is 0 Å². The Morgan fingerprint density at radius 2 is 1.83 bits per heavy atom. The van der Waals surface area contributed by atoms with Gasteiger partial charge in [0.1, 0.15) is 5.75 Å². The number of carboxylic acids is 1. The summed E-state index contributed by atoms with van der Waals surface area (Å²) in [6.07, 6.45) is 4.30. The number of carboxylic acid groups (broad SMARTS) is 1. The molecule has 2 aromatic carbocycles. The molecule has 0 spiro atoms. The predicted molar refractivity (Wildman–Crippen MR) is 100 cm³/mol. The molecule has 24 heavy (non-hydrogen) atoms. The van der Waals surface area contributed by atoms with Crippen molar-refractivity contribution >= 4 is 48.5 Å². The van der Waals surface area contributed by atoms with Crippen LogP contribution in [0.25, 0.3) is 6.08 Å². The van der Waals surface area contributed by atoms with Crippen molar-refractivity contribution in [1.29, 1.82) is 0 Å². The molecule has 2 aromatic rings. The molecule has 0 amide bonds. The average Bonchev–Trinajstić information content (AvgIpc) is 3.31. The van der Waals surface area contributed by atoms with Crippen molar-refractivity contribution in [3.63, 3.8) is 0 Å². The molecule has 1 unspecified atom stereocenters. The summed E-state index contributed by atoms with van der Waals surface area (Å²) in [5.41, 5.74) is 1.32.